The van der Waals surface area contributed by atoms with Crippen LogP contribution < -0.4 is 0 Å². The Morgan fingerprint density at radius 3 is 2.80 bits per heavy atom. The third-order valence-electron chi connectivity index (χ3n) is 2.09. The molecule has 3 nitrogen and oxygen atoms in total. The van der Waals surface area contributed by atoms with Gasteiger partial charge in [-0.05, 0) is 29.7 Å². The molecule has 0 saturated heterocycles. The molecule has 1 aromatic rings. The molecule has 74 valence electrons. The molecule has 1 aromatic heterocycles. The maximum Gasteiger partial charge on any atom is 0.151 e. The first-order valence-corrected chi connectivity index (χ1v) is 5.20. The lowest BCUT2D eigenvalue weighted by atomic mass is 9.99. The molecule has 0 radical (unpaired) electrons. The molecule has 1 aliphatic carbocycles. The molecule has 1 aliphatic rings. The fraction of sp³-hybridized carbons (Fsp3) is 0. The second-order valence-electron chi connectivity index (χ2n) is 3.08. The van der Waals surface area contributed by atoms with Crippen molar-refractivity contribution in [3.8, 4) is 0 Å². The van der Waals surface area contributed by atoms with Crippen LogP contribution in [0, 0.1) is 10.8 Å². The highest BCUT2D eigenvalue weighted by Gasteiger charge is 2.15. The van der Waals surface area contributed by atoms with Gasteiger partial charge in [-0.25, -0.2) is 0 Å². The van der Waals surface area contributed by atoms with Crippen molar-refractivity contribution < 1.29 is 4.79 Å². The molecule has 2 rings (SSSR count). The van der Waals surface area contributed by atoms with Crippen molar-refractivity contribution in [2.45, 2.75) is 0 Å². The van der Waals surface area contributed by atoms with E-state index in [1.807, 2.05) is 5.38 Å². The Balaban J connectivity index is 2.51. The van der Waals surface area contributed by atoms with Crippen LogP contribution in [0.15, 0.2) is 29.7 Å². The summed E-state index contributed by atoms with van der Waals surface area (Å²) in [4.78, 5) is 11.5. The zero-order chi connectivity index (χ0) is 10.8. The highest BCUT2D eigenvalue weighted by atomic mass is 32.1. The van der Waals surface area contributed by atoms with Crippen LogP contribution in [0.4, 0.5) is 0 Å². The molecule has 0 aromatic carbocycles. The van der Waals surface area contributed by atoms with Gasteiger partial charge in [-0.2, -0.15) is 0 Å². The Hall–Kier alpha value is -1.81. The van der Waals surface area contributed by atoms with Crippen LogP contribution in [0.25, 0.3) is 5.57 Å². The van der Waals surface area contributed by atoms with Crippen LogP contribution in [-0.2, 0) is 0 Å². The van der Waals surface area contributed by atoms with E-state index >= 15 is 0 Å². The number of rotatable bonds is 2. The third kappa shape index (κ3) is 1.71. The van der Waals surface area contributed by atoms with Gasteiger partial charge in [0.1, 0.15) is 0 Å². The number of nitrogens with one attached hydrogen (secondary N) is 2. The molecule has 0 aliphatic heterocycles. The lowest BCUT2D eigenvalue weighted by molar-refractivity contribution is 0.112. The molecule has 0 unspecified atom stereocenters. The van der Waals surface area contributed by atoms with E-state index in [1.54, 1.807) is 24.3 Å². The summed E-state index contributed by atoms with van der Waals surface area (Å²) < 4.78 is 0. The monoisotopic (exact) mass is 216 g/mol. The van der Waals surface area contributed by atoms with Crippen LogP contribution in [0.5, 0.6) is 0 Å². The van der Waals surface area contributed by atoms with Crippen molar-refractivity contribution in [3.05, 3.63) is 40.1 Å². The number of aldehydes is 1. The number of allylic oxidation sites excluding steroid dienone is 4. The van der Waals surface area contributed by atoms with Gasteiger partial charge in [-0.15, -0.1) is 11.3 Å². The number of hydrogen-bond acceptors (Lipinski definition) is 4. The van der Waals surface area contributed by atoms with Gasteiger partial charge in [0, 0.05) is 16.0 Å². The molecule has 0 spiro atoms. The Morgan fingerprint density at radius 2 is 2.07 bits per heavy atom. The molecule has 4 heteroatoms. The Bertz CT molecular complexity index is 508. The van der Waals surface area contributed by atoms with Crippen molar-refractivity contribution in [2.24, 2.45) is 0 Å². The van der Waals surface area contributed by atoms with Crippen molar-refractivity contribution in [1.29, 1.82) is 10.8 Å². The van der Waals surface area contributed by atoms with Crippen molar-refractivity contribution >= 4 is 34.6 Å². The van der Waals surface area contributed by atoms with E-state index < -0.39 is 0 Å². The fourth-order valence-corrected chi connectivity index (χ4v) is 2.26. The van der Waals surface area contributed by atoms with Gasteiger partial charge in [0.05, 0.1) is 11.4 Å². The van der Waals surface area contributed by atoms with E-state index in [0.717, 1.165) is 11.2 Å². The molecule has 0 atom stereocenters. The average molecular weight is 216 g/mol. The van der Waals surface area contributed by atoms with E-state index in [-0.39, 0.29) is 0 Å². The van der Waals surface area contributed by atoms with Gasteiger partial charge in [-0.1, -0.05) is 0 Å². The van der Waals surface area contributed by atoms with Gasteiger partial charge in [0.2, 0.25) is 0 Å². The van der Waals surface area contributed by atoms with Crippen LogP contribution >= 0.6 is 11.3 Å². The highest BCUT2D eigenvalue weighted by molar-refractivity contribution is 7.12. The first-order valence-electron chi connectivity index (χ1n) is 4.32. The van der Waals surface area contributed by atoms with E-state index in [2.05, 4.69) is 0 Å². The first-order chi connectivity index (χ1) is 7.22. The molecule has 1 heterocycles. The summed E-state index contributed by atoms with van der Waals surface area (Å²) in [5, 5.41) is 17.0. The summed E-state index contributed by atoms with van der Waals surface area (Å²) in [6.07, 6.45) is 5.54. The fourth-order valence-electron chi connectivity index (χ4n) is 1.36. The van der Waals surface area contributed by atoms with Crippen LogP contribution in [0.1, 0.15) is 15.2 Å². The predicted octanol–water partition coefficient (Wildman–Crippen LogP) is 2.55. The zero-order valence-corrected chi connectivity index (χ0v) is 8.60. The highest BCUT2D eigenvalue weighted by Crippen LogP contribution is 2.27. The SMILES string of the molecule is N=C1C=CC(=N)C(c2sccc2C=O)=C1. The Labute approximate surface area is 90.8 Å². The summed E-state index contributed by atoms with van der Waals surface area (Å²) in [5.41, 5.74) is 1.93. The lowest BCUT2D eigenvalue weighted by Gasteiger charge is -2.08. The number of thiophene rings is 1. The smallest absolute Gasteiger partial charge is 0.151 e. The first kappa shape index (κ1) is 9.73. The van der Waals surface area contributed by atoms with Gasteiger partial charge < -0.3 is 10.8 Å². The Kier molecular flexibility index (Phi) is 2.43. The maximum absolute atomic E-state index is 10.8. The van der Waals surface area contributed by atoms with Crippen molar-refractivity contribution in [3.63, 3.8) is 0 Å². The lowest BCUT2D eigenvalue weighted by Crippen LogP contribution is -2.05. The van der Waals surface area contributed by atoms with Gasteiger partial charge >= 0.3 is 0 Å². The largest absolute Gasteiger partial charge is 0.301 e. The molecule has 15 heavy (non-hydrogen) atoms. The van der Waals surface area contributed by atoms with Crippen LogP contribution in [-0.4, -0.2) is 17.7 Å². The summed E-state index contributed by atoms with van der Waals surface area (Å²) >= 11 is 1.42. The Morgan fingerprint density at radius 1 is 1.27 bits per heavy atom. The molecular weight excluding hydrogens is 208 g/mol. The maximum atomic E-state index is 10.8. The van der Waals surface area contributed by atoms with E-state index in [1.165, 1.54) is 11.3 Å². The molecule has 0 amide bonds. The summed E-state index contributed by atoms with van der Waals surface area (Å²) in [7, 11) is 0. The topological polar surface area (TPSA) is 64.8 Å². The van der Waals surface area contributed by atoms with E-state index in [0.29, 0.717) is 22.6 Å². The molecule has 0 saturated carbocycles. The normalized spacial score (nSPS) is 15.3. The van der Waals surface area contributed by atoms with Crippen molar-refractivity contribution in [1.82, 2.24) is 0 Å². The number of carbonyl (C=O) groups is 1. The minimum Gasteiger partial charge on any atom is -0.301 e. The van der Waals surface area contributed by atoms with Gasteiger partial charge in [0.15, 0.2) is 6.29 Å². The summed E-state index contributed by atoms with van der Waals surface area (Å²) in [6.45, 7) is 0. The summed E-state index contributed by atoms with van der Waals surface area (Å²) in [6, 6.07) is 1.73. The van der Waals surface area contributed by atoms with Crippen LogP contribution in [0.2, 0.25) is 0 Å². The second kappa shape index (κ2) is 3.74. The van der Waals surface area contributed by atoms with Gasteiger partial charge in [-0.3, -0.25) is 4.79 Å². The standard InChI is InChI=1S/C11H8N2OS/c12-8-1-2-10(13)9(5-8)11-7(6-14)3-4-15-11/h1-6,12-13H. The average Bonchev–Trinajstić information content (AvgIpc) is 2.69. The minimum atomic E-state index is 0.344. The number of carbonyl (C=O) groups excluding carboxylic acids is 1. The zero-order valence-electron chi connectivity index (χ0n) is 7.78. The quantitative estimate of drug-likeness (QED) is 0.579. The molecule has 0 fully saturated rings. The van der Waals surface area contributed by atoms with Gasteiger partial charge in [0.25, 0.3) is 0 Å². The molecule has 2 N–H and O–H groups in total. The summed E-state index contributed by atoms with van der Waals surface area (Å²) in [5.74, 6) is 0. The predicted molar refractivity (Wildman–Crippen MR) is 62.3 cm³/mol. The van der Waals surface area contributed by atoms with E-state index in [9.17, 15) is 4.79 Å². The van der Waals surface area contributed by atoms with E-state index in [4.69, 9.17) is 10.8 Å². The third-order valence-corrected chi connectivity index (χ3v) is 3.05. The molecule has 0 bridgehead atoms. The van der Waals surface area contributed by atoms with Crippen LogP contribution in [0.3, 0.4) is 0 Å². The minimum absolute atomic E-state index is 0.344. The molecular formula is C11H8N2OS. The van der Waals surface area contributed by atoms with Crippen molar-refractivity contribution in [2.75, 3.05) is 0 Å². The number of hydrogen-bond donors (Lipinski definition) is 2. The second-order valence-corrected chi connectivity index (χ2v) is 4.00.